The summed E-state index contributed by atoms with van der Waals surface area (Å²) in [6, 6.07) is 6.85. The lowest BCUT2D eigenvalue weighted by atomic mass is 10.0. The van der Waals surface area contributed by atoms with Gasteiger partial charge in [-0.2, -0.15) is 13.2 Å². The van der Waals surface area contributed by atoms with Crippen molar-refractivity contribution in [2.24, 2.45) is 0 Å². The van der Waals surface area contributed by atoms with Gasteiger partial charge in [0.2, 0.25) is 0 Å². The molecule has 2 aromatic heterocycles. The van der Waals surface area contributed by atoms with Gasteiger partial charge in [0.25, 0.3) is 0 Å². The number of anilines is 1. The number of fused-ring (bicyclic) bond motifs is 1. The number of hydrogen-bond acceptors (Lipinski definition) is 5. The molecule has 4 heterocycles. The summed E-state index contributed by atoms with van der Waals surface area (Å²) in [4.78, 5) is 23.3. The third kappa shape index (κ3) is 4.61. The summed E-state index contributed by atoms with van der Waals surface area (Å²) >= 11 is 0. The van der Waals surface area contributed by atoms with Crippen LogP contribution in [0.3, 0.4) is 0 Å². The average Bonchev–Trinajstić information content (AvgIpc) is 2.88. The topological polar surface area (TPSA) is 65.5 Å². The minimum atomic E-state index is -4.39. The zero-order chi connectivity index (χ0) is 24.6. The maximum absolute atomic E-state index is 13.0. The predicted octanol–water partition coefficient (Wildman–Crippen LogP) is 4.83. The summed E-state index contributed by atoms with van der Waals surface area (Å²) in [6.07, 6.45) is 2.24. The number of pyridine rings is 1. The SMILES string of the molecule is CC1CN(c2nnc(-c3ccc(C(F)(F)F)cc3)c3ccncc23)CCN1C(=O)N1CCCCC1. The van der Waals surface area contributed by atoms with Crippen molar-refractivity contribution in [1.29, 1.82) is 0 Å². The van der Waals surface area contributed by atoms with E-state index >= 15 is 0 Å². The Kier molecular flexibility index (Phi) is 6.21. The molecule has 2 saturated heterocycles. The number of benzene rings is 1. The van der Waals surface area contributed by atoms with Crippen LogP contribution in [-0.2, 0) is 6.18 Å². The van der Waals surface area contributed by atoms with E-state index in [-0.39, 0.29) is 12.1 Å². The van der Waals surface area contributed by atoms with Crippen molar-refractivity contribution in [3.05, 3.63) is 48.3 Å². The van der Waals surface area contributed by atoms with Gasteiger partial charge >= 0.3 is 12.2 Å². The van der Waals surface area contributed by atoms with Gasteiger partial charge < -0.3 is 14.7 Å². The van der Waals surface area contributed by atoms with Gasteiger partial charge in [-0.3, -0.25) is 4.98 Å². The number of carbonyl (C=O) groups excluding carboxylic acids is 1. The molecule has 35 heavy (non-hydrogen) atoms. The van der Waals surface area contributed by atoms with E-state index in [1.807, 2.05) is 16.7 Å². The molecule has 2 amide bonds. The number of hydrogen-bond donors (Lipinski definition) is 0. The number of halogens is 3. The summed E-state index contributed by atoms with van der Waals surface area (Å²) in [5.74, 6) is 0.667. The third-order valence-electron chi connectivity index (χ3n) is 6.85. The summed E-state index contributed by atoms with van der Waals surface area (Å²) in [5.41, 5.74) is 0.355. The van der Waals surface area contributed by atoms with E-state index in [0.717, 1.165) is 48.8 Å². The molecule has 0 radical (unpaired) electrons. The van der Waals surface area contributed by atoms with Crippen LogP contribution >= 0.6 is 0 Å². The molecule has 0 spiro atoms. The molecule has 184 valence electrons. The Hall–Kier alpha value is -3.43. The van der Waals surface area contributed by atoms with E-state index in [0.29, 0.717) is 36.7 Å². The van der Waals surface area contributed by atoms with Crippen LogP contribution in [0.4, 0.5) is 23.8 Å². The lowest BCUT2D eigenvalue weighted by Gasteiger charge is -2.43. The van der Waals surface area contributed by atoms with Crippen molar-refractivity contribution in [1.82, 2.24) is 25.0 Å². The Morgan fingerprint density at radius 3 is 2.37 bits per heavy atom. The van der Waals surface area contributed by atoms with E-state index < -0.39 is 11.7 Å². The average molecular weight is 485 g/mol. The molecule has 2 aliphatic heterocycles. The van der Waals surface area contributed by atoms with Crippen LogP contribution in [0.2, 0.25) is 0 Å². The molecular formula is C25H27F3N6O. The lowest BCUT2D eigenvalue weighted by Crippen LogP contribution is -2.58. The molecule has 0 bridgehead atoms. The number of aromatic nitrogens is 3. The van der Waals surface area contributed by atoms with E-state index in [4.69, 9.17) is 0 Å². The summed E-state index contributed by atoms with van der Waals surface area (Å²) in [7, 11) is 0. The molecule has 7 nitrogen and oxygen atoms in total. The predicted molar refractivity (Wildman–Crippen MR) is 127 cm³/mol. The molecule has 2 fully saturated rings. The molecular weight excluding hydrogens is 457 g/mol. The highest BCUT2D eigenvalue weighted by atomic mass is 19.4. The monoisotopic (exact) mass is 484 g/mol. The summed E-state index contributed by atoms with van der Waals surface area (Å²) in [5, 5.41) is 10.4. The first-order chi connectivity index (χ1) is 16.8. The van der Waals surface area contributed by atoms with Crippen molar-refractivity contribution >= 4 is 22.6 Å². The van der Waals surface area contributed by atoms with Gasteiger partial charge in [-0.15, -0.1) is 10.2 Å². The molecule has 10 heteroatoms. The van der Waals surface area contributed by atoms with Crippen molar-refractivity contribution in [3.63, 3.8) is 0 Å². The van der Waals surface area contributed by atoms with Crippen molar-refractivity contribution in [3.8, 4) is 11.3 Å². The van der Waals surface area contributed by atoms with Gasteiger partial charge in [0.05, 0.1) is 5.56 Å². The normalized spacial score (nSPS) is 19.3. The number of likely N-dealkylation sites (tertiary alicyclic amines) is 1. The standard InChI is InChI=1S/C25H27F3N6O/c1-17-16-33(13-14-34(17)24(35)32-11-3-2-4-12-32)23-21-15-29-10-9-20(21)22(30-31-23)18-5-7-19(8-6-18)25(26,27)28/h5-10,15,17H,2-4,11-14,16H2,1H3. The number of rotatable bonds is 2. The Labute approximate surface area is 201 Å². The van der Waals surface area contributed by atoms with Crippen LogP contribution < -0.4 is 4.90 Å². The second kappa shape index (κ2) is 9.31. The fourth-order valence-corrected chi connectivity index (χ4v) is 4.95. The number of piperidine rings is 1. The van der Waals surface area contributed by atoms with Crippen LogP contribution in [0.25, 0.3) is 22.0 Å². The molecule has 5 rings (SSSR count). The third-order valence-corrected chi connectivity index (χ3v) is 6.85. The highest BCUT2D eigenvalue weighted by Gasteiger charge is 2.33. The minimum Gasteiger partial charge on any atom is -0.351 e. The van der Waals surface area contributed by atoms with E-state index in [2.05, 4.69) is 20.1 Å². The van der Waals surface area contributed by atoms with Gasteiger partial charge in [0.15, 0.2) is 5.82 Å². The molecule has 3 aromatic rings. The summed E-state index contributed by atoms with van der Waals surface area (Å²) < 4.78 is 38.9. The van der Waals surface area contributed by atoms with Gasteiger partial charge in [-0.05, 0) is 44.4 Å². The van der Waals surface area contributed by atoms with Crippen LogP contribution in [0.5, 0.6) is 0 Å². The Balaban J connectivity index is 1.40. The highest BCUT2D eigenvalue weighted by molar-refractivity contribution is 5.99. The van der Waals surface area contributed by atoms with Crippen molar-refractivity contribution < 1.29 is 18.0 Å². The Bertz CT molecular complexity index is 1210. The van der Waals surface area contributed by atoms with Crippen LogP contribution in [0.15, 0.2) is 42.7 Å². The molecule has 0 N–H and O–H groups in total. The van der Waals surface area contributed by atoms with E-state index in [1.165, 1.54) is 18.6 Å². The Morgan fingerprint density at radius 1 is 0.943 bits per heavy atom. The second-order valence-electron chi connectivity index (χ2n) is 9.19. The first kappa shape index (κ1) is 23.3. The zero-order valence-electron chi connectivity index (χ0n) is 19.5. The maximum atomic E-state index is 13.0. The number of amides is 2. The lowest BCUT2D eigenvalue weighted by molar-refractivity contribution is -0.137. The molecule has 2 aliphatic rings. The second-order valence-corrected chi connectivity index (χ2v) is 9.19. The first-order valence-corrected chi connectivity index (χ1v) is 11.9. The quantitative estimate of drug-likeness (QED) is 0.522. The largest absolute Gasteiger partial charge is 0.416 e. The number of alkyl halides is 3. The van der Waals surface area contributed by atoms with Crippen LogP contribution in [-0.4, -0.2) is 69.8 Å². The molecule has 1 aromatic carbocycles. The number of nitrogens with zero attached hydrogens (tertiary/aromatic N) is 6. The number of carbonyl (C=O) groups is 1. The van der Waals surface area contributed by atoms with Crippen LogP contribution in [0.1, 0.15) is 31.7 Å². The van der Waals surface area contributed by atoms with Gasteiger partial charge in [-0.25, -0.2) is 4.79 Å². The molecule has 1 atom stereocenters. The smallest absolute Gasteiger partial charge is 0.351 e. The van der Waals surface area contributed by atoms with Gasteiger partial charge in [-0.1, -0.05) is 12.1 Å². The zero-order valence-corrected chi connectivity index (χ0v) is 19.5. The fourth-order valence-electron chi connectivity index (χ4n) is 4.95. The molecule has 1 unspecified atom stereocenters. The Morgan fingerprint density at radius 2 is 1.69 bits per heavy atom. The van der Waals surface area contributed by atoms with Crippen molar-refractivity contribution in [2.75, 3.05) is 37.6 Å². The first-order valence-electron chi connectivity index (χ1n) is 11.9. The van der Waals surface area contributed by atoms with Gasteiger partial charge in [0, 0.05) is 67.5 Å². The highest BCUT2D eigenvalue weighted by Crippen LogP contribution is 2.34. The fraction of sp³-hybridized carbons (Fsp3) is 0.440. The van der Waals surface area contributed by atoms with Crippen molar-refractivity contribution in [2.45, 2.75) is 38.4 Å². The minimum absolute atomic E-state index is 0.00119. The van der Waals surface area contributed by atoms with E-state index in [1.54, 1.807) is 18.5 Å². The number of urea groups is 1. The molecule has 0 saturated carbocycles. The van der Waals surface area contributed by atoms with Crippen LogP contribution in [0, 0.1) is 0 Å². The maximum Gasteiger partial charge on any atom is 0.416 e. The van der Waals surface area contributed by atoms with E-state index in [9.17, 15) is 18.0 Å². The van der Waals surface area contributed by atoms with Gasteiger partial charge in [0.1, 0.15) is 5.69 Å². The molecule has 0 aliphatic carbocycles. The summed E-state index contributed by atoms with van der Waals surface area (Å²) in [6.45, 7) is 5.48. The number of piperazine rings is 1.